The number of nitrogens with one attached hydrogen (secondary N) is 2. The molecule has 0 bridgehead atoms. The van der Waals surface area contributed by atoms with Crippen molar-refractivity contribution in [3.63, 3.8) is 0 Å². The van der Waals surface area contributed by atoms with E-state index in [4.69, 9.17) is 0 Å². The molecule has 0 radical (unpaired) electrons. The zero-order valence-corrected chi connectivity index (χ0v) is 16.9. The molecule has 1 fully saturated rings. The molecule has 3 heterocycles. The second kappa shape index (κ2) is 7.12. The minimum atomic E-state index is -4.41. The van der Waals surface area contributed by atoms with Crippen molar-refractivity contribution in [1.82, 2.24) is 20.5 Å². The lowest BCUT2D eigenvalue weighted by Crippen LogP contribution is -2.52. The van der Waals surface area contributed by atoms with E-state index in [0.717, 1.165) is 60.3 Å². The number of aliphatic hydroxyl groups is 1. The molecular weight excluding hydrogens is 407 g/mol. The van der Waals surface area contributed by atoms with Crippen LogP contribution in [0.5, 0.6) is 0 Å². The molecule has 0 spiro atoms. The van der Waals surface area contributed by atoms with Crippen LogP contribution in [-0.4, -0.2) is 48.1 Å². The van der Waals surface area contributed by atoms with Gasteiger partial charge in [-0.15, -0.1) is 0 Å². The Hall–Kier alpha value is -3.33. The van der Waals surface area contributed by atoms with Crippen molar-refractivity contribution in [2.75, 3.05) is 38.2 Å². The zero-order chi connectivity index (χ0) is 21.8. The Bertz CT molecular complexity index is 1170. The molecule has 5 rings (SSSR count). The van der Waals surface area contributed by atoms with Gasteiger partial charge in [-0.05, 0) is 24.3 Å². The third kappa shape index (κ3) is 3.16. The Labute approximate surface area is 177 Å². The number of hydrogen-bond donors (Lipinski definition) is 3. The maximum Gasteiger partial charge on any atom is 0.416 e. The Morgan fingerprint density at radius 3 is 2.23 bits per heavy atom. The Morgan fingerprint density at radius 2 is 1.58 bits per heavy atom. The van der Waals surface area contributed by atoms with E-state index in [2.05, 4.69) is 15.6 Å². The lowest BCUT2D eigenvalue weighted by molar-refractivity contribution is -0.137. The van der Waals surface area contributed by atoms with Crippen molar-refractivity contribution in [3.8, 4) is 0 Å². The van der Waals surface area contributed by atoms with Crippen molar-refractivity contribution in [1.29, 1.82) is 0 Å². The van der Waals surface area contributed by atoms with Crippen LogP contribution < -0.4 is 26.2 Å². The summed E-state index contributed by atoms with van der Waals surface area (Å²) in [4.78, 5) is 4.24. The fraction of sp³-hybridized carbons (Fsp3) is 0.273. The molecule has 2 aromatic rings. The number of hydrogen-bond acceptors (Lipinski definition) is 6. The summed E-state index contributed by atoms with van der Waals surface area (Å²) in [6, 6.07) is 12.7. The first-order valence-corrected chi connectivity index (χ1v) is 10.1. The molecule has 1 saturated heterocycles. The summed E-state index contributed by atoms with van der Waals surface area (Å²) in [6.07, 6.45) is -4.41. The monoisotopic (exact) mass is 429 g/mol. The third-order valence-electron chi connectivity index (χ3n) is 5.84. The fourth-order valence-electron chi connectivity index (χ4n) is 4.37. The summed E-state index contributed by atoms with van der Waals surface area (Å²) < 4.78 is 38.8. The van der Waals surface area contributed by atoms with Crippen molar-refractivity contribution in [2.45, 2.75) is 6.18 Å². The van der Waals surface area contributed by atoms with Gasteiger partial charge < -0.3 is 20.2 Å². The van der Waals surface area contributed by atoms with Gasteiger partial charge in [0.15, 0.2) is 0 Å². The van der Waals surface area contributed by atoms with E-state index in [9.17, 15) is 18.3 Å². The molecule has 2 aromatic carbocycles. The van der Waals surface area contributed by atoms with Crippen LogP contribution in [0.25, 0.3) is 11.5 Å². The summed E-state index contributed by atoms with van der Waals surface area (Å²) in [7, 11) is 1.90. The summed E-state index contributed by atoms with van der Waals surface area (Å²) in [6.45, 7) is 3.43. The van der Waals surface area contributed by atoms with E-state index in [1.807, 2.05) is 36.2 Å². The lowest BCUT2D eigenvalue weighted by atomic mass is 10.1. The standard InChI is InChI=1S/C22H22F3N5O/c1-28-19-18(16-4-2-3-5-17(16)20(28)29-12-10-26-11-13-29)27-30(21(19)31)15-8-6-14(7-9-15)22(23,24)25/h2-9,26-27,31H,10-13H2,1H3. The number of nitrogens with zero attached hydrogens (tertiary/aromatic N) is 3. The number of halogens is 3. The summed E-state index contributed by atoms with van der Waals surface area (Å²) >= 11 is 0. The van der Waals surface area contributed by atoms with Crippen LogP contribution in [0.15, 0.2) is 60.1 Å². The van der Waals surface area contributed by atoms with Gasteiger partial charge in [-0.25, -0.2) is 5.01 Å². The van der Waals surface area contributed by atoms with Gasteiger partial charge >= 0.3 is 6.18 Å². The Balaban J connectivity index is 1.61. The van der Waals surface area contributed by atoms with E-state index in [1.54, 1.807) is 0 Å². The number of alkyl halides is 3. The highest BCUT2D eigenvalue weighted by atomic mass is 19.4. The fourth-order valence-corrected chi connectivity index (χ4v) is 4.37. The van der Waals surface area contributed by atoms with Gasteiger partial charge in [0.05, 0.1) is 16.9 Å². The van der Waals surface area contributed by atoms with Crippen molar-refractivity contribution in [2.24, 2.45) is 0 Å². The number of anilines is 1. The molecule has 0 unspecified atom stereocenters. The normalized spacial score (nSPS) is 18.9. The molecule has 3 aliphatic rings. The molecule has 0 amide bonds. The third-order valence-corrected chi connectivity index (χ3v) is 5.84. The van der Waals surface area contributed by atoms with E-state index in [0.29, 0.717) is 11.4 Å². The molecular formula is C22H22F3N5O. The molecule has 0 saturated carbocycles. The minimum Gasteiger partial charge on any atom is -0.492 e. The molecule has 0 aromatic heterocycles. The maximum atomic E-state index is 12.9. The lowest BCUT2D eigenvalue weighted by Gasteiger charge is -2.38. The Kier molecular flexibility index (Phi) is 4.51. The highest BCUT2D eigenvalue weighted by Gasteiger charge is 2.37. The first kappa shape index (κ1) is 19.6. The van der Waals surface area contributed by atoms with Gasteiger partial charge in [0.25, 0.3) is 0 Å². The average molecular weight is 429 g/mol. The number of likely N-dealkylation sites (N-methyl/N-ethyl adjacent to an activating group) is 1. The second-order valence-electron chi connectivity index (χ2n) is 7.70. The van der Waals surface area contributed by atoms with Gasteiger partial charge in [-0.1, -0.05) is 24.3 Å². The first-order valence-electron chi connectivity index (χ1n) is 10.1. The predicted molar refractivity (Wildman–Crippen MR) is 111 cm³/mol. The van der Waals surface area contributed by atoms with Crippen LogP contribution in [0.1, 0.15) is 5.56 Å². The average Bonchev–Trinajstić information content (AvgIpc) is 3.12. The number of rotatable bonds is 2. The van der Waals surface area contributed by atoms with E-state index in [-0.39, 0.29) is 5.88 Å². The second-order valence-corrected chi connectivity index (χ2v) is 7.70. The van der Waals surface area contributed by atoms with E-state index in [1.165, 1.54) is 17.1 Å². The molecule has 3 aliphatic heterocycles. The van der Waals surface area contributed by atoms with Gasteiger partial charge in [0.1, 0.15) is 11.5 Å². The zero-order valence-electron chi connectivity index (χ0n) is 16.9. The predicted octanol–water partition coefficient (Wildman–Crippen LogP) is 1.48. The van der Waals surface area contributed by atoms with E-state index < -0.39 is 11.7 Å². The van der Waals surface area contributed by atoms with Crippen LogP contribution in [0.3, 0.4) is 0 Å². The first-order chi connectivity index (χ1) is 14.9. The summed E-state index contributed by atoms with van der Waals surface area (Å²) in [5.41, 5.74) is 4.17. The smallest absolute Gasteiger partial charge is 0.416 e. The minimum absolute atomic E-state index is 0.0561. The topological polar surface area (TPSA) is 54.0 Å². The number of aliphatic hydroxyl groups excluding tert-OH is 1. The summed E-state index contributed by atoms with van der Waals surface area (Å²) in [5, 5.41) is 17.8. The van der Waals surface area contributed by atoms with Crippen LogP contribution >= 0.6 is 0 Å². The Morgan fingerprint density at radius 1 is 0.935 bits per heavy atom. The van der Waals surface area contributed by atoms with Crippen molar-refractivity contribution in [3.05, 3.63) is 76.1 Å². The molecule has 162 valence electrons. The van der Waals surface area contributed by atoms with Gasteiger partial charge in [0, 0.05) is 43.7 Å². The molecule has 0 aliphatic carbocycles. The highest BCUT2D eigenvalue weighted by molar-refractivity contribution is 5.77. The number of hydrazine groups is 1. The largest absolute Gasteiger partial charge is 0.492 e. The molecule has 31 heavy (non-hydrogen) atoms. The molecule has 3 N–H and O–H groups in total. The maximum absolute atomic E-state index is 12.9. The highest BCUT2D eigenvalue weighted by Crippen LogP contribution is 2.35. The summed E-state index contributed by atoms with van der Waals surface area (Å²) in [5.74, 6) is 0.942. The number of fused-ring (bicyclic) bond motifs is 2. The van der Waals surface area contributed by atoms with Crippen LogP contribution in [0.4, 0.5) is 18.9 Å². The SMILES string of the molecule is CN1C2=C(O)N(c3ccc(C(F)(F)F)cc3)NC2=c2ccccc2=C1N1CCNCC1. The number of piperazine rings is 1. The van der Waals surface area contributed by atoms with Crippen LogP contribution in [0, 0.1) is 0 Å². The van der Waals surface area contributed by atoms with Gasteiger partial charge in [0.2, 0.25) is 5.88 Å². The van der Waals surface area contributed by atoms with Gasteiger partial charge in [-0.3, -0.25) is 5.43 Å². The molecule has 0 atom stereocenters. The molecule has 6 nitrogen and oxygen atoms in total. The van der Waals surface area contributed by atoms with Gasteiger partial charge in [-0.2, -0.15) is 13.2 Å². The van der Waals surface area contributed by atoms with Crippen molar-refractivity contribution < 1.29 is 18.3 Å². The van der Waals surface area contributed by atoms with Crippen LogP contribution in [-0.2, 0) is 6.18 Å². The molecule has 9 heteroatoms. The van der Waals surface area contributed by atoms with Crippen molar-refractivity contribution >= 4 is 17.2 Å². The van der Waals surface area contributed by atoms with E-state index >= 15 is 0 Å². The van der Waals surface area contributed by atoms with Crippen LogP contribution in [0.2, 0.25) is 0 Å². The quantitative estimate of drug-likeness (QED) is 0.673. The number of benzene rings is 2.